The van der Waals surface area contributed by atoms with Gasteiger partial charge in [0.25, 0.3) is 0 Å². The maximum Gasteiger partial charge on any atom is 0.162 e. The summed E-state index contributed by atoms with van der Waals surface area (Å²) in [6, 6.07) is 51.6. The van der Waals surface area contributed by atoms with E-state index in [1.165, 1.54) is 55.6 Å². The van der Waals surface area contributed by atoms with Crippen LogP contribution in [0.2, 0.25) is 0 Å². The fraction of sp³-hybridized carbons (Fsp3) is 0.150. The monoisotopic (exact) mass is 854 g/mol. The van der Waals surface area contributed by atoms with Gasteiger partial charge in [0.05, 0.1) is 51.5 Å². The van der Waals surface area contributed by atoms with E-state index in [1.807, 2.05) is 84.9 Å². The molecular weight excluding hydrogens is 805 g/mol. The van der Waals surface area contributed by atoms with Crippen molar-refractivity contribution in [1.29, 1.82) is 5.26 Å². The summed E-state index contributed by atoms with van der Waals surface area (Å²) in [6.45, 7) is 18.0. The Morgan fingerprint density at radius 2 is 0.682 bits per heavy atom. The van der Waals surface area contributed by atoms with Crippen LogP contribution in [0.4, 0.5) is 17.1 Å². The van der Waals surface area contributed by atoms with Crippen LogP contribution in [0.3, 0.4) is 0 Å². The minimum absolute atomic E-state index is 0.451. The lowest BCUT2D eigenvalue weighted by Gasteiger charge is -2.41. The number of nitriles is 1. The Kier molecular flexibility index (Phi) is 10.7. The van der Waals surface area contributed by atoms with Crippen molar-refractivity contribution in [2.75, 3.05) is 4.90 Å². The van der Waals surface area contributed by atoms with E-state index in [-0.39, 0.29) is 0 Å². The van der Waals surface area contributed by atoms with Crippen molar-refractivity contribution >= 4 is 17.1 Å². The van der Waals surface area contributed by atoms with Crippen molar-refractivity contribution in [3.05, 3.63) is 207 Å². The average molecular weight is 855 g/mol. The van der Waals surface area contributed by atoms with Crippen LogP contribution in [0.1, 0.15) is 61.2 Å². The van der Waals surface area contributed by atoms with E-state index in [0.717, 1.165) is 68.5 Å². The number of nitrogens with zero attached hydrogens (tertiary/aromatic N) is 6. The Morgan fingerprint density at radius 3 is 0.985 bits per heavy atom. The molecule has 7 aromatic carbocycles. The second-order valence-corrected chi connectivity index (χ2v) is 17.6. The van der Waals surface area contributed by atoms with Crippen molar-refractivity contribution in [1.82, 2.24) is 19.9 Å². The lowest BCUT2D eigenvalue weighted by Crippen LogP contribution is -2.26. The first-order valence-electron chi connectivity index (χ1n) is 22.6. The molecule has 10 rings (SSSR count). The highest BCUT2D eigenvalue weighted by Gasteiger charge is 2.36. The van der Waals surface area contributed by atoms with Gasteiger partial charge < -0.3 is 4.90 Å². The minimum Gasteiger partial charge on any atom is -0.308 e. The molecule has 0 unspecified atom stereocenters. The molecule has 1 aliphatic rings. The second-order valence-electron chi connectivity index (χ2n) is 17.6. The highest BCUT2D eigenvalue weighted by molar-refractivity contribution is 6.01. The number of aromatic nitrogens is 4. The zero-order chi connectivity index (χ0) is 45.8. The van der Waals surface area contributed by atoms with Crippen LogP contribution in [-0.4, -0.2) is 19.9 Å². The third-order valence-electron chi connectivity index (χ3n) is 14.0. The van der Waals surface area contributed by atoms with Gasteiger partial charge in [0.2, 0.25) is 0 Å². The molecular formula is C60H50N6. The van der Waals surface area contributed by atoms with Crippen LogP contribution in [-0.2, 0) is 6.42 Å². The fourth-order valence-electron chi connectivity index (χ4n) is 9.73. The molecule has 0 saturated carbocycles. The molecule has 66 heavy (non-hydrogen) atoms. The lowest BCUT2D eigenvalue weighted by atomic mass is 9.80. The molecule has 0 fully saturated rings. The zero-order valence-corrected chi connectivity index (χ0v) is 38.7. The maximum atomic E-state index is 11.1. The van der Waals surface area contributed by atoms with Crippen molar-refractivity contribution < 1.29 is 0 Å². The van der Waals surface area contributed by atoms with Crippen molar-refractivity contribution in [3.8, 4) is 73.9 Å². The van der Waals surface area contributed by atoms with Gasteiger partial charge in [-0.3, -0.25) is 0 Å². The summed E-state index contributed by atoms with van der Waals surface area (Å²) in [4.78, 5) is 24.3. The summed E-state index contributed by atoms with van der Waals surface area (Å²) in [5.41, 5.74) is 24.5. The molecule has 9 aromatic rings. The van der Waals surface area contributed by atoms with Crippen LogP contribution >= 0.6 is 0 Å². The molecule has 0 atom stereocenters. The number of benzene rings is 7. The van der Waals surface area contributed by atoms with Gasteiger partial charge in [-0.15, -0.1) is 0 Å². The fourth-order valence-corrected chi connectivity index (χ4v) is 9.73. The van der Waals surface area contributed by atoms with E-state index in [4.69, 9.17) is 19.9 Å². The topological polar surface area (TPSA) is 78.6 Å². The number of fused-ring (bicyclic) bond motifs is 2. The lowest BCUT2D eigenvalue weighted by molar-refractivity contribution is 0.994. The summed E-state index contributed by atoms with van der Waals surface area (Å²) in [5.74, 6) is 0.993. The predicted molar refractivity (Wildman–Crippen MR) is 270 cm³/mol. The highest BCUT2D eigenvalue weighted by atomic mass is 15.2. The smallest absolute Gasteiger partial charge is 0.162 e. The van der Waals surface area contributed by atoms with E-state index in [0.29, 0.717) is 28.3 Å². The van der Waals surface area contributed by atoms with Gasteiger partial charge in [-0.2, -0.15) is 5.26 Å². The van der Waals surface area contributed by atoms with E-state index in [1.54, 1.807) is 0 Å². The number of hydrogen-bond donors (Lipinski definition) is 0. The molecule has 0 spiro atoms. The standard InChI is InChI=1S/C60H50N6/c1-35-37(3)41(7)56-48(39(35)5)31-49-40(6)36(2)38(4)42(8)57(49)66(56)58-50(59-62-52(44-21-13-9-14-22-44)32-53(63-59)45-23-15-10-16-24-45)29-43(34-61)30-51(58)60-64-54(46-25-17-11-18-26-46)33-55(65-60)47-27-19-12-20-28-47/h9-30,32-33H,31H2,1-8H3. The van der Waals surface area contributed by atoms with Crippen LogP contribution < -0.4 is 4.90 Å². The Hall–Kier alpha value is -8.01. The largest absolute Gasteiger partial charge is 0.308 e. The minimum atomic E-state index is 0.451. The van der Waals surface area contributed by atoms with E-state index in [2.05, 4.69) is 127 Å². The van der Waals surface area contributed by atoms with E-state index < -0.39 is 0 Å². The Labute approximate surface area is 388 Å². The molecule has 0 bridgehead atoms. The van der Waals surface area contributed by atoms with Crippen molar-refractivity contribution in [3.63, 3.8) is 0 Å². The molecule has 0 radical (unpaired) electrons. The molecule has 0 aliphatic carbocycles. The molecule has 0 amide bonds. The summed E-state index contributed by atoms with van der Waals surface area (Å²) in [5, 5.41) is 11.1. The average Bonchev–Trinajstić information content (AvgIpc) is 3.38. The number of rotatable bonds is 7. The molecule has 2 aromatic heterocycles. The first kappa shape index (κ1) is 42.0. The van der Waals surface area contributed by atoms with Gasteiger partial charge in [-0.1, -0.05) is 121 Å². The molecule has 1 aliphatic heterocycles. The first-order valence-corrected chi connectivity index (χ1v) is 22.6. The van der Waals surface area contributed by atoms with Gasteiger partial charge in [-0.05, 0) is 135 Å². The predicted octanol–water partition coefficient (Wildman–Crippen LogP) is 15.0. The SMILES string of the molecule is Cc1c(C)c(C)c2c(c1C)Cc1c(C)c(C)c(C)c(C)c1N2c1c(-c2nc(-c3ccccc3)cc(-c3ccccc3)n2)cc(C#N)cc1-c1nc(-c2ccccc2)cc(-c2ccccc2)n1. The normalized spacial score (nSPS) is 11.8. The maximum absolute atomic E-state index is 11.1. The first-order chi connectivity index (χ1) is 32.0. The van der Waals surface area contributed by atoms with Crippen LogP contribution in [0, 0.1) is 66.7 Å². The Morgan fingerprint density at radius 1 is 0.379 bits per heavy atom. The van der Waals surface area contributed by atoms with Crippen LogP contribution in [0.15, 0.2) is 146 Å². The van der Waals surface area contributed by atoms with E-state index >= 15 is 0 Å². The summed E-state index contributed by atoms with van der Waals surface area (Å²) in [7, 11) is 0. The van der Waals surface area contributed by atoms with Gasteiger partial charge in [-0.25, -0.2) is 19.9 Å². The third-order valence-corrected chi connectivity index (χ3v) is 14.0. The van der Waals surface area contributed by atoms with Crippen molar-refractivity contribution in [2.45, 2.75) is 61.8 Å². The van der Waals surface area contributed by atoms with Gasteiger partial charge in [0.1, 0.15) is 0 Å². The molecule has 3 heterocycles. The molecule has 6 nitrogen and oxygen atoms in total. The molecule has 320 valence electrons. The van der Waals surface area contributed by atoms with Gasteiger partial charge in [0, 0.05) is 39.8 Å². The zero-order valence-electron chi connectivity index (χ0n) is 38.7. The summed E-state index contributed by atoms with van der Waals surface area (Å²) in [6.07, 6.45) is 0.792. The number of hydrogen-bond acceptors (Lipinski definition) is 6. The van der Waals surface area contributed by atoms with Crippen LogP contribution in [0.5, 0.6) is 0 Å². The van der Waals surface area contributed by atoms with Crippen LogP contribution in [0.25, 0.3) is 67.8 Å². The Balaban J connectivity index is 1.41. The molecule has 6 heteroatoms. The summed E-state index contributed by atoms with van der Waals surface area (Å²) >= 11 is 0. The summed E-state index contributed by atoms with van der Waals surface area (Å²) < 4.78 is 0. The van der Waals surface area contributed by atoms with Gasteiger partial charge in [0.15, 0.2) is 11.6 Å². The van der Waals surface area contributed by atoms with Gasteiger partial charge >= 0.3 is 0 Å². The molecule has 0 saturated heterocycles. The highest BCUT2D eigenvalue weighted by Crippen LogP contribution is 2.55. The third kappa shape index (κ3) is 7.14. The number of anilines is 3. The Bertz CT molecular complexity index is 3070. The van der Waals surface area contributed by atoms with Crippen molar-refractivity contribution in [2.24, 2.45) is 0 Å². The quantitative estimate of drug-likeness (QED) is 0.159. The van der Waals surface area contributed by atoms with E-state index in [9.17, 15) is 5.26 Å². The molecule has 0 N–H and O–H groups in total. The second kappa shape index (κ2) is 16.8.